The fourth-order valence-corrected chi connectivity index (χ4v) is 4.37. The van der Waals surface area contributed by atoms with Gasteiger partial charge in [0, 0.05) is 0 Å². The van der Waals surface area contributed by atoms with E-state index in [1.807, 2.05) is 12.1 Å². The Hall–Kier alpha value is -2.01. The van der Waals surface area contributed by atoms with Crippen LogP contribution in [0.5, 0.6) is 11.5 Å². The van der Waals surface area contributed by atoms with Crippen molar-refractivity contribution in [1.82, 2.24) is 0 Å². The van der Waals surface area contributed by atoms with Gasteiger partial charge in [0.05, 0.1) is 12.2 Å². The Morgan fingerprint density at radius 3 is 2.28 bits per heavy atom. The summed E-state index contributed by atoms with van der Waals surface area (Å²) in [5, 5.41) is -0.0997. The van der Waals surface area contributed by atoms with Crippen molar-refractivity contribution in [2.75, 3.05) is 6.61 Å². The molecule has 3 rings (SSSR count). The van der Waals surface area contributed by atoms with Crippen LogP contribution in [-0.4, -0.2) is 11.7 Å². The third kappa shape index (κ3) is 5.33. The van der Waals surface area contributed by atoms with Gasteiger partial charge in [-0.15, -0.1) is 0 Å². The van der Waals surface area contributed by atoms with Crippen molar-refractivity contribution in [3.05, 3.63) is 59.2 Å². The van der Waals surface area contributed by atoms with E-state index < -0.39 is 11.6 Å². The van der Waals surface area contributed by atoms with E-state index in [1.54, 1.807) is 6.92 Å². The normalized spacial score (nSPS) is 19.0. The zero-order valence-corrected chi connectivity index (χ0v) is 17.9. The van der Waals surface area contributed by atoms with Gasteiger partial charge in [-0.2, -0.15) is 4.39 Å². The van der Waals surface area contributed by atoms with Gasteiger partial charge >= 0.3 is 0 Å². The molecule has 156 valence electrons. The van der Waals surface area contributed by atoms with Gasteiger partial charge in [-0.3, -0.25) is 0 Å². The number of rotatable bonds is 7. The average molecular weight is 419 g/mol. The molecule has 0 aromatic heterocycles. The molecule has 1 aliphatic carbocycles. The number of hydrogen-bond donors (Lipinski definition) is 0. The average Bonchev–Trinajstić information content (AvgIpc) is 2.73. The Morgan fingerprint density at radius 1 is 0.966 bits per heavy atom. The maximum absolute atomic E-state index is 14.3. The summed E-state index contributed by atoms with van der Waals surface area (Å²) in [5.41, 5.74) is 1.22. The largest absolute Gasteiger partial charge is 0.491 e. The minimum Gasteiger partial charge on any atom is -0.491 e. The summed E-state index contributed by atoms with van der Waals surface area (Å²) in [6, 6.07) is 10.6. The van der Waals surface area contributed by atoms with E-state index in [1.165, 1.54) is 56.2 Å². The van der Waals surface area contributed by atoms with E-state index in [9.17, 15) is 8.78 Å². The number of thiocarbonyl (C=S) groups is 1. The number of ether oxygens (including phenoxy) is 2. The first-order chi connectivity index (χ1) is 14.0. The van der Waals surface area contributed by atoms with Crippen molar-refractivity contribution < 1.29 is 18.3 Å². The molecule has 1 aliphatic rings. The zero-order valence-electron chi connectivity index (χ0n) is 17.0. The molecule has 1 fully saturated rings. The number of benzene rings is 2. The molecule has 1 saturated carbocycles. The van der Waals surface area contributed by atoms with E-state index >= 15 is 0 Å². The summed E-state index contributed by atoms with van der Waals surface area (Å²) in [6.07, 6.45) is 7.63. The van der Waals surface area contributed by atoms with Gasteiger partial charge in [0.25, 0.3) is 0 Å². The Labute approximate surface area is 177 Å². The second-order valence-corrected chi connectivity index (χ2v) is 8.01. The summed E-state index contributed by atoms with van der Waals surface area (Å²) in [4.78, 5) is 0. The second kappa shape index (κ2) is 10.1. The van der Waals surface area contributed by atoms with Crippen LogP contribution in [-0.2, 0) is 0 Å². The highest BCUT2D eigenvalue weighted by molar-refractivity contribution is 7.80. The maximum Gasteiger partial charge on any atom is 0.201 e. The molecule has 5 heteroatoms. The summed E-state index contributed by atoms with van der Waals surface area (Å²) >= 11 is 5.18. The van der Waals surface area contributed by atoms with E-state index in [2.05, 4.69) is 19.1 Å². The maximum atomic E-state index is 14.3. The molecular formula is C24H28F2O2S. The van der Waals surface area contributed by atoms with Crippen LogP contribution in [0.4, 0.5) is 8.78 Å². The lowest BCUT2D eigenvalue weighted by Gasteiger charge is -2.28. The molecule has 0 radical (unpaired) electrons. The van der Waals surface area contributed by atoms with Crippen LogP contribution in [0.15, 0.2) is 36.4 Å². The van der Waals surface area contributed by atoms with Gasteiger partial charge in [0.2, 0.25) is 10.9 Å². The van der Waals surface area contributed by atoms with Crippen molar-refractivity contribution in [2.45, 2.75) is 58.3 Å². The fourth-order valence-electron chi connectivity index (χ4n) is 4.12. The molecule has 0 N–H and O–H groups in total. The summed E-state index contributed by atoms with van der Waals surface area (Å²) in [6.45, 7) is 4.21. The third-order valence-electron chi connectivity index (χ3n) is 5.67. The van der Waals surface area contributed by atoms with Crippen LogP contribution in [0.1, 0.15) is 69.4 Å². The van der Waals surface area contributed by atoms with Crippen LogP contribution in [0.3, 0.4) is 0 Å². The molecule has 2 nitrogen and oxygen atoms in total. The van der Waals surface area contributed by atoms with Crippen LogP contribution < -0.4 is 9.47 Å². The minimum atomic E-state index is -1.05. The van der Waals surface area contributed by atoms with Crippen LogP contribution in [0.2, 0.25) is 0 Å². The molecule has 29 heavy (non-hydrogen) atoms. The molecule has 0 aliphatic heterocycles. The third-order valence-corrected chi connectivity index (χ3v) is 5.98. The lowest BCUT2D eigenvalue weighted by molar-refractivity contribution is 0.308. The zero-order chi connectivity index (χ0) is 20.8. The van der Waals surface area contributed by atoms with Crippen LogP contribution in [0, 0.1) is 17.6 Å². The standard InChI is InChI=1S/C24H28F2O2S/c1-3-5-16-6-8-17(9-7-16)18-10-12-19(13-11-18)28-24(29)20-14-15-21(27-4-2)23(26)22(20)25/h10-17H,3-9H2,1-2H3. The molecule has 0 saturated heterocycles. The first-order valence-corrected chi connectivity index (χ1v) is 10.9. The molecule has 0 spiro atoms. The van der Waals surface area contributed by atoms with E-state index in [-0.39, 0.29) is 23.0 Å². The smallest absolute Gasteiger partial charge is 0.201 e. The molecule has 0 unspecified atom stereocenters. The Kier molecular flexibility index (Phi) is 7.59. The summed E-state index contributed by atoms with van der Waals surface area (Å²) in [5.74, 6) is -0.255. The monoisotopic (exact) mass is 418 g/mol. The number of hydrogen-bond acceptors (Lipinski definition) is 3. The van der Waals surface area contributed by atoms with Crippen molar-refractivity contribution in [3.63, 3.8) is 0 Å². The van der Waals surface area contributed by atoms with E-state index in [0.29, 0.717) is 11.7 Å². The highest BCUT2D eigenvalue weighted by atomic mass is 32.1. The van der Waals surface area contributed by atoms with Crippen molar-refractivity contribution in [2.24, 2.45) is 5.92 Å². The van der Waals surface area contributed by atoms with Crippen molar-refractivity contribution in [1.29, 1.82) is 0 Å². The summed E-state index contributed by atoms with van der Waals surface area (Å²) < 4.78 is 39.1. The molecule has 2 aromatic carbocycles. The Balaban J connectivity index is 1.63. The predicted molar refractivity (Wildman–Crippen MR) is 116 cm³/mol. The van der Waals surface area contributed by atoms with Gasteiger partial charge in [-0.25, -0.2) is 4.39 Å². The molecule has 0 bridgehead atoms. The summed E-state index contributed by atoms with van der Waals surface area (Å²) in [7, 11) is 0. The van der Waals surface area contributed by atoms with Gasteiger partial charge in [0.15, 0.2) is 11.6 Å². The highest BCUT2D eigenvalue weighted by Crippen LogP contribution is 2.38. The Bertz CT molecular complexity index is 828. The molecule has 0 amide bonds. The molecule has 0 atom stereocenters. The first kappa shape index (κ1) is 21.7. The SMILES string of the molecule is CCCC1CCC(c2ccc(OC(=S)c3ccc(OCC)c(F)c3F)cc2)CC1. The van der Waals surface area contributed by atoms with E-state index in [4.69, 9.17) is 21.7 Å². The van der Waals surface area contributed by atoms with Gasteiger partial charge in [-0.05, 0) is 86.5 Å². The second-order valence-electron chi connectivity index (χ2n) is 7.64. The first-order valence-electron chi connectivity index (χ1n) is 10.5. The topological polar surface area (TPSA) is 18.5 Å². The van der Waals surface area contributed by atoms with Crippen LogP contribution >= 0.6 is 12.2 Å². The van der Waals surface area contributed by atoms with Crippen molar-refractivity contribution >= 4 is 17.3 Å². The predicted octanol–water partition coefficient (Wildman–Crippen LogP) is 7.19. The van der Waals surface area contributed by atoms with Gasteiger partial charge in [0.1, 0.15) is 5.75 Å². The number of halogens is 2. The molecular weight excluding hydrogens is 390 g/mol. The Morgan fingerprint density at radius 2 is 1.66 bits per heavy atom. The molecule has 0 heterocycles. The van der Waals surface area contributed by atoms with Crippen molar-refractivity contribution in [3.8, 4) is 11.5 Å². The lowest BCUT2D eigenvalue weighted by atomic mass is 9.77. The lowest BCUT2D eigenvalue weighted by Crippen LogP contribution is -2.13. The quantitative estimate of drug-likeness (QED) is 0.443. The highest BCUT2D eigenvalue weighted by Gasteiger charge is 2.22. The van der Waals surface area contributed by atoms with Crippen LogP contribution in [0.25, 0.3) is 0 Å². The molecule has 2 aromatic rings. The van der Waals surface area contributed by atoms with E-state index in [0.717, 1.165) is 5.92 Å². The fraction of sp³-hybridized carbons (Fsp3) is 0.458. The van der Waals surface area contributed by atoms with Gasteiger partial charge < -0.3 is 9.47 Å². The van der Waals surface area contributed by atoms with Gasteiger partial charge in [-0.1, -0.05) is 31.9 Å². The minimum absolute atomic E-state index is 0.0840.